The summed E-state index contributed by atoms with van der Waals surface area (Å²) in [5, 5.41) is 0. The van der Waals surface area contributed by atoms with Crippen LogP contribution in [0.2, 0.25) is 0 Å². The van der Waals surface area contributed by atoms with E-state index in [1.807, 2.05) is 64.4 Å². The van der Waals surface area contributed by atoms with Crippen LogP contribution in [-0.4, -0.2) is 55.0 Å². The third kappa shape index (κ3) is 4.93. The van der Waals surface area contributed by atoms with Gasteiger partial charge in [-0.2, -0.15) is 0 Å². The van der Waals surface area contributed by atoms with E-state index in [2.05, 4.69) is 30.3 Å². The summed E-state index contributed by atoms with van der Waals surface area (Å²) in [7, 11) is 1.64. The van der Waals surface area contributed by atoms with Crippen LogP contribution in [0.25, 0.3) is 0 Å². The standard InChI is InChI=1S/C31H34N2O3/c1-36-21-20-33-29(25-12-6-3-7-13-25)28(26-14-8-9-15-27(26)30(33)34)31(35)32-18-16-24(17-19-32)22-23-10-4-2-5-11-23/h2-15,24,28-29H,16-22H2,1H3/t28-,29-/m1/s1. The zero-order chi connectivity index (χ0) is 24.9. The van der Waals surface area contributed by atoms with Crippen LogP contribution in [0.5, 0.6) is 0 Å². The van der Waals surface area contributed by atoms with Crippen LogP contribution < -0.4 is 0 Å². The monoisotopic (exact) mass is 482 g/mol. The van der Waals surface area contributed by atoms with Gasteiger partial charge in [0.25, 0.3) is 5.91 Å². The van der Waals surface area contributed by atoms with Crippen molar-refractivity contribution in [1.29, 1.82) is 0 Å². The first-order valence-electron chi connectivity index (χ1n) is 12.9. The molecule has 0 N–H and O–H groups in total. The molecule has 0 unspecified atom stereocenters. The second kappa shape index (κ2) is 11.1. The molecule has 2 amide bonds. The summed E-state index contributed by atoms with van der Waals surface area (Å²) in [5.74, 6) is 0.218. The third-order valence-electron chi connectivity index (χ3n) is 7.68. The fourth-order valence-electron chi connectivity index (χ4n) is 5.82. The number of benzene rings is 3. The van der Waals surface area contributed by atoms with Crippen molar-refractivity contribution in [3.63, 3.8) is 0 Å². The molecule has 0 radical (unpaired) electrons. The number of carbonyl (C=O) groups excluding carboxylic acids is 2. The maximum atomic E-state index is 14.2. The van der Waals surface area contributed by atoms with Gasteiger partial charge >= 0.3 is 0 Å². The Morgan fingerprint density at radius 2 is 1.53 bits per heavy atom. The van der Waals surface area contributed by atoms with E-state index >= 15 is 0 Å². The first kappa shape index (κ1) is 24.3. The molecule has 1 saturated heterocycles. The number of nitrogens with zero attached hydrogens (tertiary/aromatic N) is 2. The SMILES string of the molecule is COCCN1C(=O)c2ccccc2[C@@H](C(=O)N2CCC(Cc3ccccc3)CC2)[C@H]1c1ccccc1. The van der Waals surface area contributed by atoms with Crippen molar-refractivity contribution < 1.29 is 14.3 Å². The molecule has 2 aliphatic rings. The molecule has 0 saturated carbocycles. The second-order valence-electron chi connectivity index (χ2n) is 9.87. The van der Waals surface area contributed by atoms with Gasteiger partial charge in [-0.15, -0.1) is 0 Å². The largest absolute Gasteiger partial charge is 0.383 e. The Labute approximate surface area is 213 Å². The Balaban J connectivity index is 1.43. The minimum absolute atomic E-state index is 0.0397. The highest BCUT2D eigenvalue weighted by molar-refractivity contribution is 6.01. The van der Waals surface area contributed by atoms with Crippen molar-refractivity contribution in [2.45, 2.75) is 31.2 Å². The number of likely N-dealkylation sites (tertiary alicyclic amines) is 1. The normalized spacial score (nSPS) is 20.3. The van der Waals surface area contributed by atoms with E-state index in [4.69, 9.17) is 4.74 Å². The van der Waals surface area contributed by atoms with Crippen LogP contribution in [0.1, 0.15) is 51.8 Å². The number of rotatable bonds is 7. The second-order valence-corrected chi connectivity index (χ2v) is 9.87. The average molecular weight is 483 g/mol. The molecule has 5 nitrogen and oxygen atoms in total. The molecule has 2 heterocycles. The van der Waals surface area contributed by atoms with Crippen LogP contribution in [-0.2, 0) is 16.0 Å². The number of carbonyl (C=O) groups is 2. The van der Waals surface area contributed by atoms with Crippen molar-refractivity contribution in [2.24, 2.45) is 5.92 Å². The summed E-state index contributed by atoms with van der Waals surface area (Å²) in [6.07, 6.45) is 3.05. The van der Waals surface area contributed by atoms with Gasteiger partial charge in [-0.3, -0.25) is 9.59 Å². The van der Waals surface area contributed by atoms with Crippen molar-refractivity contribution >= 4 is 11.8 Å². The van der Waals surface area contributed by atoms with Gasteiger partial charge in [0, 0.05) is 32.3 Å². The van der Waals surface area contributed by atoms with Gasteiger partial charge in [-0.25, -0.2) is 0 Å². The van der Waals surface area contributed by atoms with Crippen LogP contribution in [0.15, 0.2) is 84.9 Å². The smallest absolute Gasteiger partial charge is 0.254 e. The Bertz CT molecular complexity index is 1170. The predicted molar refractivity (Wildman–Crippen MR) is 141 cm³/mol. The van der Waals surface area contributed by atoms with Crippen LogP contribution in [0, 0.1) is 5.92 Å². The summed E-state index contributed by atoms with van der Waals surface area (Å²) >= 11 is 0. The quantitative estimate of drug-likeness (QED) is 0.471. The van der Waals surface area contributed by atoms with E-state index < -0.39 is 5.92 Å². The number of methoxy groups -OCH3 is 1. The number of piperidine rings is 1. The average Bonchev–Trinajstić information content (AvgIpc) is 2.93. The van der Waals surface area contributed by atoms with E-state index in [-0.39, 0.29) is 17.9 Å². The van der Waals surface area contributed by atoms with Crippen LogP contribution >= 0.6 is 0 Å². The lowest BCUT2D eigenvalue weighted by atomic mass is 9.78. The molecule has 2 aliphatic heterocycles. The number of amides is 2. The lowest BCUT2D eigenvalue weighted by Gasteiger charge is -2.44. The van der Waals surface area contributed by atoms with Crippen LogP contribution in [0.4, 0.5) is 0 Å². The fourth-order valence-corrected chi connectivity index (χ4v) is 5.82. The number of ether oxygens (including phenoxy) is 1. The lowest BCUT2D eigenvalue weighted by Crippen LogP contribution is -2.50. The molecule has 0 bridgehead atoms. The Morgan fingerprint density at radius 3 is 2.22 bits per heavy atom. The molecular weight excluding hydrogens is 448 g/mol. The first-order valence-corrected chi connectivity index (χ1v) is 12.9. The Morgan fingerprint density at radius 1 is 0.889 bits per heavy atom. The molecule has 36 heavy (non-hydrogen) atoms. The minimum atomic E-state index is -0.441. The Hall–Kier alpha value is -3.44. The van der Waals surface area contributed by atoms with Crippen molar-refractivity contribution in [3.05, 3.63) is 107 Å². The summed E-state index contributed by atoms with van der Waals surface area (Å²) in [6.45, 7) is 2.36. The first-order chi connectivity index (χ1) is 17.7. The third-order valence-corrected chi connectivity index (χ3v) is 7.68. The minimum Gasteiger partial charge on any atom is -0.383 e. The van der Waals surface area contributed by atoms with Gasteiger partial charge in [-0.05, 0) is 47.9 Å². The van der Waals surface area contributed by atoms with Gasteiger partial charge < -0.3 is 14.5 Å². The van der Waals surface area contributed by atoms with Gasteiger partial charge in [0.15, 0.2) is 0 Å². The maximum Gasteiger partial charge on any atom is 0.254 e. The summed E-state index contributed by atoms with van der Waals surface area (Å²) < 4.78 is 5.35. The molecule has 3 aromatic rings. The topological polar surface area (TPSA) is 49.9 Å². The molecule has 3 aromatic carbocycles. The summed E-state index contributed by atoms with van der Waals surface area (Å²) in [5.41, 5.74) is 3.80. The zero-order valence-corrected chi connectivity index (χ0v) is 20.9. The zero-order valence-electron chi connectivity index (χ0n) is 20.9. The van der Waals surface area contributed by atoms with Crippen molar-refractivity contribution in [2.75, 3.05) is 33.4 Å². The highest BCUT2D eigenvalue weighted by Gasteiger charge is 2.45. The van der Waals surface area contributed by atoms with Gasteiger partial charge in [-0.1, -0.05) is 78.9 Å². The summed E-state index contributed by atoms with van der Waals surface area (Å²) in [4.78, 5) is 31.7. The van der Waals surface area contributed by atoms with Crippen LogP contribution in [0.3, 0.4) is 0 Å². The maximum absolute atomic E-state index is 14.2. The van der Waals surface area contributed by atoms with E-state index in [0.29, 0.717) is 24.6 Å². The highest BCUT2D eigenvalue weighted by Crippen LogP contribution is 2.44. The summed E-state index contributed by atoms with van der Waals surface area (Å²) in [6, 6.07) is 27.9. The molecule has 1 fully saturated rings. The van der Waals surface area contributed by atoms with E-state index in [1.54, 1.807) is 7.11 Å². The van der Waals surface area contributed by atoms with Crippen molar-refractivity contribution in [3.8, 4) is 0 Å². The molecule has 0 spiro atoms. The van der Waals surface area contributed by atoms with E-state index in [9.17, 15) is 9.59 Å². The van der Waals surface area contributed by atoms with Gasteiger partial charge in [0.2, 0.25) is 5.91 Å². The molecule has 5 rings (SSSR count). The Kier molecular flexibility index (Phi) is 7.47. The molecular formula is C31H34N2O3. The van der Waals surface area contributed by atoms with E-state index in [0.717, 1.165) is 43.5 Å². The van der Waals surface area contributed by atoms with Crippen molar-refractivity contribution in [1.82, 2.24) is 9.80 Å². The molecule has 5 heteroatoms. The number of fused-ring (bicyclic) bond motifs is 1. The predicted octanol–water partition coefficient (Wildman–Crippen LogP) is 5.10. The number of hydrogen-bond acceptors (Lipinski definition) is 3. The molecule has 0 aromatic heterocycles. The van der Waals surface area contributed by atoms with Gasteiger partial charge in [0.1, 0.15) is 0 Å². The number of hydrogen-bond donors (Lipinski definition) is 0. The highest BCUT2D eigenvalue weighted by atomic mass is 16.5. The van der Waals surface area contributed by atoms with E-state index in [1.165, 1.54) is 5.56 Å². The molecule has 0 aliphatic carbocycles. The molecule has 2 atom stereocenters. The lowest BCUT2D eigenvalue weighted by molar-refractivity contribution is -0.136. The fraction of sp³-hybridized carbons (Fsp3) is 0.355. The molecule has 186 valence electrons. The van der Waals surface area contributed by atoms with Gasteiger partial charge in [0.05, 0.1) is 18.6 Å².